The van der Waals surface area contributed by atoms with Crippen LogP contribution in [0.3, 0.4) is 0 Å². The summed E-state index contributed by atoms with van der Waals surface area (Å²) in [4.78, 5) is 4.55. The van der Waals surface area contributed by atoms with E-state index in [2.05, 4.69) is 74.9 Å². The highest BCUT2D eigenvalue weighted by atomic mass is 79.9. The topological polar surface area (TPSA) is 55.9 Å². The average Bonchev–Trinajstić information content (AvgIpc) is 3.13. The molecule has 0 saturated heterocycles. The highest BCUT2D eigenvalue weighted by molar-refractivity contribution is 9.10. The fourth-order valence-corrected chi connectivity index (χ4v) is 3.05. The Kier molecular flexibility index (Phi) is 4.87. The zero-order valence-corrected chi connectivity index (χ0v) is 15.9. The number of benzene rings is 1. The van der Waals surface area contributed by atoms with Crippen molar-refractivity contribution in [2.75, 3.05) is 7.05 Å². The number of aromatic nitrogens is 3. The first-order valence-corrected chi connectivity index (χ1v) is 8.74. The van der Waals surface area contributed by atoms with E-state index in [-0.39, 0.29) is 0 Å². The predicted molar refractivity (Wildman–Crippen MR) is 98.5 cm³/mol. The molecule has 1 unspecified atom stereocenters. The van der Waals surface area contributed by atoms with Gasteiger partial charge in [0.25, 0.3) is 5.89 Å². The van der Waals surface area contributed by atoms with E-state index in [0.717, 1.165) is 39.4 Å². The third-order valence-electron chi connectivity index (χ3n) is 4.20. The van der Waals surface area contributed by atoms with Gasteiger partial charge in [0.2, 0.25) is 0 Å². The number of halogens is 1. The van der Waals surface area contributed by atoms with Gasteiger partial charge >= 0.3 is 0 Å². The molecule has 6 heteroatoms. The van der Waals surface area contributed by atoms with Crippen LogP contribution in [-0.4, -0.2) is 27.8 Å². The highest BCUT2D eigenvalue weighted by Gasteiger charge is 2.18. The molecule has 0 aliphatic carbocycles. The van der Waals surface area contributed by atoms with Gasteiger partial charge in [-0.15, -0.1) is 0 Å². The van der Waals surface area contributed by atoms with Crippen LogP contribution in [0.15, 0.2) is 39.3 Å². The number of rotatable bonds is 5. The molecule has 1 aromatic carbocycles. The normalized spacial score (nSPS) is 12.5. The summed E-state index contributed by atoms with van der Waals surface area (Å²) in [6.07, 6.45) is 0.742. The molecule has 0 spiro atoms. The molecule has 5 nitrogen and oxygen atoms in total. The van der Waals surface area contributed by atoms with Gasteiger partial charge in [-0.2, -0.15) is 4.98 Å². The summed E-state index contributed by atoms with van der Waals surface area (Å²) in [6.45, 7) is 6.25. The van der Waals surface area contributed by atoms with Gasteiger partial charge in [0.15, 0.2) is 5.82 Å². The molecule has 3 aromatic rings. The predicted octanol–water partition coefficient (Wildman–Crippen LogP) is 4.06. The summed E-state index contributed by atoms with van der Waals surface area (Å²) < 4.78 is 8.75. The second-order valence-electron chi connectivity index (χ2n) is 6.01. The lowest BCUT2D eigenvalue weighted by molar-refractivity contribution is 0.418. The molecule has 126 valence electrons. The molecule has 24 heavy (non-hydrogen) atoms. The van der Waals surface area contributed by atoms with E-state index in [0.29, 0.717) is 11.9 Å². The van der Waals surface area contributed by atoms with Gasteiger partial charge in [-0.05, 0) is 58.2 Å². The van der Waals surface area contributed by atoms with Crippen LogP contribution < -0.4 is 5.32 Å². The fourth-order valence-electron chi connectivity index (χ4n) is 2.79. The Hall–Kier alpha value is -1.92. The van der Waals surface area contributed by atoms with Crippen molar-refractivity contribution in [3.63, 3.8) is 0 Å². The fraction of sp³-hybridized carbons (Fsp3) is 0.333. The van der Waals surface area contributed by atoms with Gasteiger partial charge in [0.1, 0.15) is 0 Å². The highest BCUT2D eigenvalue weighted by Crippen LogP contribution is 2.29. The average molecular weight is 389 g/mol. The molecule has 2 aromatic heterocycles. The summed E-state index contributed by atoms with van der Waals surface area (Å²) in [5, 5.41) is 7.29. The van der Waals surface area contributed by atoms with E-state index >= 15 is 0 Å². The first-order chi connectivity index (χ1) is 11.5. The molecular weight excluding hydrogens is 368 g/mol. The van der Waals surface area contributed by atoms with Crippen LogP contribution in [0, 0.1) is 13.8 Å². The maximum atomic E-state index is 5.49. The molecule has 0 fully saturated rings. The van der Waals surface area contributed by atoms with E-state index in [1.807, 2.05) is 19.2 Å². The van der Waals surface area contributed by atoms with E-state index in [4.69, 9.17) is 4.52 Å². The van der Waals surface area contributed by atoms with Crippen molar-refractivity contribution in [1.29, 1.82) is 0 Å². The van der Waals surface area contributed by atoms with Crippen molar-refractivity contribution >= 4 is 15.9 Å². The molecule has 0 amide bonds. The Bertz CT molecular complexity index is 835. The Morgan fingerprint density at radius 2 is 1.96 bits per heavy atom. The van der Waals surface area contributed by atoms with E-state index in [1.54, 1.807) is 0 Å². The number of nitrogens with one attached hydrogen (secondary N) is 1. The van der Waals surface area contributed by atoms with Crippen molar-refractivity contribution in [2.45, 2.75) is 33.2 Å². The van der Waals surface area contributed by atoms with Gasteiger partial charge in [-0.25, -0.2) is 0 Å². The first kappa shape index (κ1) is 16.9. The van der Waals surface area contributed by atoms with E-state index in [9.17, 15) is 0 Å². The molecule has 0 bridgehead atoms. The molecule has 3 rings (SSSR count). The minimum Gasteiger partial charge on any atom is -0.334 e. The van der Waals surface area contributed by atoms with E-state index < -0.39 is 0 Å². The summed E-state index contributed by atoms with van der Waals surface area (Å²) in [5.41, 5.74) is 4.31. The lowest BCUT2D eigenvalue weighted by Crippen LogP contribution is -2.24. The Balaban J connectivity index is 1.96. The quantitative estimate of drug-likeness (QED) is 0.715. The van der Waals surface area contributed by atoms with Gasteiger partial charge < -0.3 is 14.4 Å². The van der Waals surface area contributed by atoms with Gasteiger partial charge in [0, 0.05) is 34.0 Å². The lowest BCUT2D eigenvalue weighted by Gasteiger charge is -2.09. The minimum atomic E-state index is 0.311. The molecule has 1 atom stereocenters. The maximum Gasteiger partial charge on any atom is 0.259 e. The first-order valence-electron chi connectivity index (χ1n) is 7.94. The van der Waals surface area contributed by atoms with E-state index in [1.165, 1.54) is 0 Å². The molecular formula is C18H21BrN4O. The van der Waals surface area contributed by atoms with Crippen molar-refractivity contribution in [3.8, 4) is 17.1 Å². The van der Waals surface area contributed by atoms with Crippen LogP contribution in [0.5, 0.6) is 0 Å². The SMILES string of the molecule is CNC(C)Cc1noc(-c2cc(C)n(-c3ccc(Br)cc3)c2C)n1. The lowest BCUT2D eigenvalue weighted by atomic mass is 10.2. The van der Waals surface area contributed by atoms with Crippen LogP contribution in [0.1, 0.15) is 24.1 Å². The minimum absolute atomic E-state index is 0.311. The van der Waals surface area contributed by atoms with Crippen molar-refractivity contribution < 1.29 is 4.52 Å². The largest absolute Gasteiger partial charge is 0.334 e. The summed E-state index contributed by atoms with van der Waals surface area (Å²) in [7, 11) is 1.93. The van der Waals surface area contributed by atoms with Gasteiger partial charge in [-0.3, -0.25) is 0 Å². The molecule has 2 heterocycles. The van der Waals surface area contributed by atoms with Crippen LogP contribution in [0.4, 0.5) is 0 Å². The summed E-state index contributed by atoms with van der Waals surface area (Å²) in [6, 6.07) is 10.7. The Morgan fingerprint density at radius 1 is 1.25 bits per heavy atom. The molecule has 0 radical (unpaired) electrons. The Morgan fingerprint density at radius 3 is 2.62 bits per heavy atom. The second kappa shape index (κ2) is 6.91. The molecule has 1 N–H and O–H groups in total. The number of hydrogen-bond acceptors (Lipinski definition) is 4. The summed E-state index contributed by atoms with van der Waals surface area (Å²) in [5.74, 6) is 1.30. The molecule has 0 saturated carbocycles. The number of likely N-dealkylation sites (N-methyl/N-ethyl adjacent to an activating group) is 1. The zero-order chi connectivity index (χ0) is 17.3. The third kappa shape index (κ3) is 3.30. The molecule has 0 aliphatic rings. The van der Waals surface area contributed by atoms with Crippen LogP contribution in [0.2, 0.25) is 0 Å². The summed E-state index contributed by atoms with van der Waals surface area (Å²) >= 11 is 3.48. The zero-order valence-electron chi connectivity index (χ0n) is 14.3. The van der Waals surface area contributed by atoms with Crippen molar-refractivity contribution in [1.82, 2.24) is 20.0 Å². The monoisotopic (exact) mass is 388 g/mol. The van der Waals surface area contributed by atoms with Gasteiger partial charge in [-0.1, -0.05) is 21.1 Å². The van der Waals surface area contributed by atoms with Crippen LogP contribution in [-0.2, 0) is 6.42 Å². The Labute approximate surface area is 150 Å². The smallest absolute Gasteiger partial charge is 0.259 e. The maximum absolute atomic E-state index is 5.49. The van der Waals surface area contributed by atoms with Gasteiger partial charge in [0.05, 0.1) is 5.56 Å². The number of nitrogens with zero attached hydrogens (tertiary/aromatic N) is 3. The van der Waals surface area contributed by atoms with Crippen LogP contribution in [0.25, 0.3) is 17.1 Å². The van der Waals surface area contributed by atoms with Crippen LogP contribution >= 0.6 is 15.9 Å². The van der Waals surface area contributed by atoms with Crippen molar-refractivity contribution in [3.05, 3.63) is 52.0 Å². The van der Waals surface area contributed by atoms with Crippen molar-refractivity contribution in [2.24, 2.45) is 0 Å². The number of aryl methyl sites for hydroxylation is 1. The standard InChI is InChI=1S/C18H21BrN4O/c1-11(20-4)9-17-21-18(24-22-17)16-10-12(2)23(13(16)3)15-7-5-14(19)6-8-15/h5-8,10-11,20H,9H2,1-4H3. The number of hydrogen-bond donors (Lipinski definition) is 1. The third-order valence-corrected chi connectivity index (χ3v) is 4.72. The molecule has 0 aliphatic heterocycles. The second-order valence-corrected chi connectivity index (χ2v) is 6.92.